The van der Waals surface area contributed by atoms with Crippen molar-refractivity contribution in [3.05, 3.63) is 0 Å². The van der Waals surface area contributed by atoms with Gasteiger partial charge < -0.3 is 10.6 Å². The fraction of sp³-hybridized carbons (Fsp3) is 0.929. The molecular weight excluding hydrogens is 212 g/mol. The topological polar surface area (TPSA) is 41.1 Å². The van der Waals surface area contributed by atoms with E-state index in [1.807, 2.05) is 0 Å². The number of amides is 1. The van der Waals surface area contributed by atoms with Crippen molar-refractivity contribution < 1.29 is 4.79 Å². The molecule has 1 aliphatic heterocycles. The fourth-order valence-corrected chi connectivity index (χ4v) is 3.12. The van der Waals surface area contributed by atoms with E-state index < -0.39 is 0 Å². The Morgan fingerprint density at radius 1 is 1.24 bits per heavy atom. The molecule has 0 aromatic carbocycles. The van der Waals surface area contributed by atoms with Crippen molar-refractivity contribution in [1.82, 2.24) is 10.6 Å². The van der Waals surface area contributed by atoms with Crippen LogP contribution in [-0.4, -0.2) is 25.0 Å². The Kier molecular flexibility index (Phi) is 4.43. The maximum Gasteiger partial charge on any atom is 0.220 e. The molecule has 3 nitrogen and oxygen atoms in total. The van der Waals surface area contributed by atoms with E-state index in [4.69, 9.17) is 0 Å². The highest BCUT2D eigenvalue weighted by Gasteiger charge is 2.26. The third-order valence-corrected chi connectivity index (χ3v) is 4.60. The lowest BCUT2D eigenvalue weighted by Crippen LogP contribution is -2.40. The van der Waals surface area contributed by atoms with Crippen LogP contribution in [0.25, 0.3) is 0 Å². The second-order valence-corrected chi connectivity index (χ2v) is 6.10. The molecule has 2 N–H and O–H groups in total. The molecule has 1 saturated carbocycles. The van der Waals surface area contributed by atoms with Crippen LogP contribution in [-0.2, 0) is 4.79 Å². The number of carbonyl (C=O) groups excluding carboxylic acids is 1. The first-order valence-corrected chi connectivity index (χ1v) is 7.15. The highest BCUT2D eigenvalue weighted by atomic mass is 16.1. The summed E-state index contributed by atoms with van der Waals surface area (Å²) in [5.74, 6) is 2.41. The molecule has 0 bridgehead atoms. The summed E-state index contributed by atoms with van der Waals surface area (Å²) >= 11 is 0. The minimum absolute atomic E-state index is 0.269. The van der Waals surface area contributed by atoms with E-state index in [-0.39, 0.29) is 5.91 Å². The smallest absolute Gasteiger partial charge is 0.220 e. The lowest BCUT2D eigenvalue weighted by atomic mass is 9.79. The van der Waals surface area contributed by atoms with E-state index in [0.29, 0.717) is 18.4 Å². The van der Waals surface area contributed by atoms with E-state index in [9.17, 15) is 4.79 Å². The van der Waals surface area contributed by atoms with Crippen LogP contribution in [0.5, 0.6) is 0 Å². The van der Waals surface area contributed by atoms with Crippen molar-refractivity contribution in [3.63, 3.8) is 0 Å². The predicted molar refractivity (Wildman–Crippen MR) is 69.7 cm³/mol. The second-order valence-electron chi connectivity index (χ2n) is 6.10. The van der Waals surface area contributed by atoms with Crippen LogP contribution in [0.15, 0.2) is 0 Å². The van der Waals surface area contributed by atoms with Crippen molar-refractivity contribution in [2.24, 2.45) is 17.8 Å². The van der Waals surface area contributed by atoms with Gasteiger partial charge in [0.1, 0.15) is 0 Å². The summed E-state index contributed by atoms with van der Waals surface area (Å²) in [6, 6.07) is 0.433. The van der Waals surface area contributed by atoms with Crippen molar-refractivity contribution in [3.8, 4) is 0 Å². The van der Waals surface area contributed by atoms with Crippen LogP contribution in [0.1, 0.15) is 46.0 Å². The van der Waals surface area contributed by atoms with Crippen LogP contribution < -0.4 is 10.6 Å². The molecule has 1 heterocycles. The summed E-state index contributed by atoms with van der Waals surface area (Å²) < 4.78 is 0. The molecule has 4 unspecified atom stereocenters. The third kappa shape index (κ3) is 3.70. The monoisotopic (exact) mass is 238 g/mol. The van der Waals surface area contributed by atoms with E-state index in [1.165, 1.54) is 12.8 Å². The zero-order valence-corrected chi connectivity index (χ0v) is 11.2. The molecule has 0 aromatic rings. The van der Waals surface area contributed by atoms with Crippen molar-refractivity contribution in [2.75, 3.05) is 13.1 Å². The van der Waals surface area contributed by atoms with Gasteiger partial charge in [-0.3, -0.25) is 4.79 Å². The summed E-state index contributed by atoms with van der Waals surface area (Å²) in [7, 11) is 0. The minimum Gasteiger partial charge on any atom is -0.353 e. The Hall–Kier alpha value is -0.570. The first-order valence-electron chi connectivity index (χ1n) is 7.15. The number of rotatable bonds is 3. The molecule has 98 valence electrons. The number of carbonyl (C=O) groups is 1. The van der Waals surface area contributed by atoms with E-state index in [1.54, 1.807) is 0 Å². The van der Waals surface area contributed by atoms with Crippen LogP contribution in [0, 0.1) is 17.8 Å². The van der Waals surface area contributed by atoms with Gasteiger partial charge in [0.2, 0.25) is 5.91 Å². The lowest BCUT2D eigenvalue weighted by molar-refractivity contribution is -0.123. The molecule has 0 aromatic heterocycles. The molecule has 3 heteroatoms. The SMILES string of the molecule is CC1CCC(NC(=O)CC2CCNC2)CC1C. The van der Waals surface area contributed by atoms with Gasteiger partial charge in [0, 0.05) is 12.5 Å². The van der Waals surface area contributed by atoms with Gasteiger partial charge in [-0.1, -0.05) is 13.8 Å². The lowest BCUT2D eigenvalue weighted by Gasteiger charge is -2.32. The first-order chi connectivity index (χ1) is 8.15. The summed E-state index contributed by atoms with van der Waals surface area (Å²) in [4.78, 5) is 11.9. The van der Waals surface area contributed by atoms with E-state index in [2.05, 4.69) is 24.5 Å². The quantitative estimate of drug-likeness (QED) is 0.789. The highest BCUT2D eigenvalue weighted by Crippen LogP contribution is 2.29. The maximum absolute atomic E-state index is 11.9. The van der Waals surface area contributed by atoms with E-state index >= 15 is 0 Å². The number of hydrogen-bond acceptors (Lipinski definition) is 2. The van der Waals surface area contributed by atoms with Gasteiger partial charge in [-0.15, -0.1) is 0 Å². The molecule has 2 aliphatic rings. The van der Waals surface area contributed by atoms with Crippen LogP contribution >= 0.6 is 0 Å². The largest absolute Gasteiger partial charge is 0.353 e. The molecule has 1 saturated heterocycles. The Bertz CT molecular complexity index is 261. The second kappa shape index (κ2) is 5.85. The summed E-state index contributed by atoms with van der Waals surface area (Å²) in [6.07, 6.45) is 5.46. The Morgan fingerprint density at radius 2 is 2.06 bits per heavy atom. The van der Waals surface area contributed by atoms with Crippen molar-refractivity contribution in [1.29, 1.82) is 0 Å². The number of hydrogen-bond donors (Lipinski definition) is 2. The van der Waals surface area contributed by atoms with Gasteiger partial charge in [-0.05, 0) is 56.5 Å². The fourth-order valence-electron chi connectivity index (χ4n) is 3.12. The van der Waals surface area contributed by atoms with Gasteiger partial charge in [0.25, 0.3) is 0 Å². The van der Waals surface area contributed by atoms with Crippen molar-refractivity contribution in [2.45, 2.75) is 52.0 Å². The van der Waals surface area contributed by atoms with Gasteiger partial charge >= 0.3 is 0 Å². The molecule has 1 aliphatic carbocycles. The maximum atomic E-state index is 11.9. The molecule has 2 fully saturated rings. The molecule has 0 radical (unpaired) electrons. The third-order valence-electron chi connectivity index (χ3n) is 4.60. The average molecular weight is 238 g/mol. The summed E-state index contributed by atoms with van der Waals surface area (Å²) in [5, 5.41) is 6.54. The van der Waals surface area contributed by atoms with Gasteiger partial charge in [0.15, 0.2) is 0 Å². The van der Waals surface area contributed by atoms with Gasteiger partial charge in [0.05, 0.1) is 0 Å². The Labute approximate surface area is 105 Å². The Morgan fingerprint density at radius 3 is 2.71 bits per heavy atom. The minimum atomic E-state index is 0.269. The molecule has 4 atom stereocenters. The molecule has 0 spiro atoms. The number of nitrogens with one attached hydrogen (secondary N) is 2. The van der Waals surface area contributed by atoms with Gasteiger partial charge in [-0.25, -0.2) is 0 Å². The highest BCUT2D eigenvalue weighted by molar-refractivity contribution is 5.76. The molecule has 1 amide bonds. The molecule has 17 heavy (non-hydrogen) atoms. The van der Waals surface area contributed by atoms with Crippen LogP contribution in [0.2, 0.25) is 0 Å². The standard InChI is InChI=1S/C14H26N2O/c1-10-3-4-13(7-11(10)2)16-14(17)8-12-5-6-15-9-12/h10-13,15H,3-9H2,1-2H3,(H,16,17). The summed E-state index contributed by atoms with van der Waals surface area (Å²) in [5.41, 5.74) is 0. The summed E-state index contributed by atoms with van der Waals surface area (Å²) in [6.45, 7) is 6.73. The van der Waals surface area contributed by atoms with Crippen molar-refractivity contribution >= 4 is 5.91 Å². The zero-order chi connectivity index (χ0) is 12.3. The van der Waals surface area contributed by atoms with Gasteiger partial charge in [-0.2, -0.15) is 0 Å². The molecule has 2 rings (SSSR count). The normalized spacial score (nSPS) is 38.0. The molecular formula is C14H26N2O. The van der Waals surface area contributed by atoms with Crippen LogP contribution in [0.3, 0.4) is 0 Å². The van der Waals surface area contributed by atoms with E-state index in [0.717, 1.165) is 37.8 Å². The predicted octanol–water partition coefficient (Wildman–Crippen LogP) is 1.93. The zero-order valence-electron chi connectivity index (χ0n) is 11.2. The average Bonchev–Trinajstić information content (AvgIpc) is 2.76. The Balaban J connectivity index is 1.71. The van der Waals surface area contributed by atoms with Crippen LogP contribution in [0.4, 0.5) is 0 Å². The first kappa shape index (κ1) is 12.9.